The van der Waals surface area contributed by atoms with Gasteiger partial charge in [-0.2, -0.15) is 10.4 Å². The van der Waals surface area contributed by atoms with Gasteiger partial charge in [0.1, 0.15) is 6.04 Å². The molecule has 4 aromatic rings. The number of carbonyl (C=O) groups is 1. The predicted octanol–water partition coefficient (Wildman–Crippen LogP) is 5.03. The van der Waals surface area contributed by atoms with Gasteiger partial charge in [0.15, 0.2) is 0 Å². The second kappa shape index (κ2) is 10.6. The molecule has 0 saturated heterocycles. The fourth-order valence-electron chi connectivity index (χ4n) is 3.84. The molecule has 2 N–H and O–H groups in total. The van der Waals surface area contributed by atoms with Crippen LogP contribution in [0.4, 0.5) is 5.69 Å². The van der Waals surface area contributed by atoms with Crippen LogP contribution in [-0.4, -0.2) is 22.2 Å². The second-order valence-corrected chi connectivity index (χ2v) is 8.36. The van der Waals surface area contributed by atoms with Gasteiger partial charge >= 0.3 is 0 Å². The number of aromatic nitrogens is 2. The molecule has 6 nitrogen and oxygen atoms in total. The molecule has 6 heteroatoms. The van der Waals surface area contributed by atoms with E-state index in [4.69, 9.17) is 5.26 Å². The molecule has 34 heavy (non-hydrogen) atoms. The SMILES string of the molecule is C[C@@H](CN[C@@H](C(=O)Nc1ccc(-c2cnn(C)c2)cc1)c1ccccc1)c1ccc(C#N)cc1. The molecule has 170 valence electrons. The van der Waals surface area contributed by atoms with E-state index in [2.05, 4.69) is 28.7 Å². The van der Waals surface area contributed by atoms with E-state index >= 15 is 0 Å². The molecule has 0 bridgehead atoms. The Morgan fingerprint density at radius 2 is 1.68 bits per heavy atom. The van der Waals surface area contributed by atoms with Gasteiger partial charge in [0, 0.05) is 31.0 Å². The van der Waals surface area contributed by atoms with E-state index in [-0.39, 0.29) is 11.8 Å². The van der Waals surface area contributed by atoms with Crippen LogP contribution < -0.4 is 10.6 Å². The van der Waals surface area contributed by atoms with Gasteiger partial charge in [0.25, 0.3) is 0 Å². The Hall–Kier alpha value is -4.21. The lowest BCUT2D eigenvalue weighted by atomic mass is 9.98. The third kappa shape index (κ3) is 5.58. The first kappa shape index (κ1) is 23.0. The maximum atomic E-state index is 13.3. The molecule has 1 heterocycles. The van der Waals surface area contributed by atoms with Crippen molar-refractivity contribution in [1.82, 2.24) is 15.1 Å². The maximum Gasteiger partial charge on any atom is 0.246 e. The number of nitriles is 1. The summed E-state index contributed by atoms with van der Waals surface area (Å²) in [4.78, 5) is 13.3. The van der Waals surface area contributed by atoms with E-state index in [0.29, 0.717) is 12.1 Å². The highest BCUT2D eigenvalue weighted by atomic mass is 16.2. The van der Waals surface area contributed by atoms with E-state index in [1.807, 2.05) is 98.3 Å². The summed E-state index contributed by atoms with van der Waals surface area (Å²) in [5, 5.41) is 19.7. The highest BCUT2D eigenvalue weighted by Gasteiger charge is 2.21. The quantitative estimate of drug-likeness (QED) is 0.395. The second-order valence-electron chi connectivity index (χ2n) is 8.36. The summed E-state index contributed by atoms with van der Waals surface area (Å²) >= 11 is 0. The molecule has 2 atom stereocenters. The van der Waals surface area contributed by atoms with Gasteiger partial charge < -0.3 is 10.6 Å². The Bertz CT molecular complexity index is 1270. The summed E-state index contributed by atoms with van der Waals surface area (Å²) < 4.78 is 1.76. The summed E-state index contributed by atoms with van der Waals surface area (Å²) in [5.74, 6) is 0.0536. The molecule has 0 aliphatic carbocycles. The van der Waals surface area contributed by atoms with Gasteiger partial charge in [-0.15, -0.1) is 0 Å². The highest BCUT2D eigenvalue weighted by Crippen LogP contribution is 2.23. The molecule has 0 fully saturated rings. The molecule has 1 amide bonds. The molecule has 0 aliphatic heterocycles. The van der Waals surface area contributed by atoms with Gasteiger partial charge in [-0.3, -0.25) is 9.48 Å². The van der Waals surface area contributed by atoms with Crippen LogP contribution in [-0.2, 0) is 11.8 Å². The summed E-state index contributed by atoms with van der Waals surface area (Å²) in [5.41, 5.74) is 5.46. The standard InChI is InChI=1S/C28H27N5O/c1-20(22-10-8-21(16-29)9-11-22)17-30-27(24-6-4-3-5-7-24)28(34)32-26-14-12-23(13-15-26)25-18-31-33(2)19-25/h3-15,18-20,27,30H,17H2,1-2H3,(H,32,34)/t20-,27+/m0/s1. The third-order valence-electron chi connectivity index (χ3n) is 5.82. The molecular formula is C28H27N5O. The van der Waals surface area contributed by atoms with E-state index in [0.717, 1.165) is 27.9 Å². The van der Waals surface area contributed by atoms with Gasteiger partial charge in [-0.1, -0.05) is 61.5 Å². The first-order valence-electron chi connectivity index (χ1n) is 11.2. The summed E-state index contributed by atoms with van der Waals surface area (Å²) in [6, 6.07) is 26.7. The van der Waals surface area contributed by atoms with Crippen LogP contribution in [0.15, 0.2) is 91.3 Å². The minimum atomic E-state index is -0.500. The first-order valence-corrected chi connectivity index (χ1v) is 11.2. The number of aryl methyl sites for hydroxylation is 1. The highest BCUT2D eigenvalue weighted by molar-refractivity contribution is 5.95. The Kier molecular flexibility index (Phi) is 7.16. The smallest absolute Gasteiger partial charge is 0.246 e. The van der Waals surface area contributed by atoms with Crippen LogP contribution >= 0.6 is 0 Å². The van der Waals surface area contributed by atoms with Crippen LogP contribution in [0.2, 0.25) is 0 Å². The average molecular weight is 450 g/mol. The van der Waals surface area contributed by atoms with Crippen molar-refractivity contribution in [2.24, 2.45) is 7.05 Å². The largest absolute Gasteiger partial charge is 0.324 e. The number of carbonyl (C=O) groups excluding carboxylic acids is 1. The summed E-state index contributed by atoms with van der Waals surface area (Å²) in [6.45, 7) is 2.71. The van der Waals surface area contributed by atoms with Gasteiger partial charge in [-0.05, 0) is 46.9 Å². The zero-order valence-electron chi connectivity index (χ0n) is 19.3. The molecule has 0 radical (unpaired) electrons. The van der Waals surface area contributed by atoms with Crippen LogP contribution in [0, 0.1) is 11.3 Å². The van der Waals surface area contributed by atoms with Crippen molar-refractivity contribution >= 4 is 11.6 Å². The molecule has 0 spiro atoms. The van der Waals surface area contributed by atoms with E-state index in [9.17, 15) is 4.79 Å². The minimum absolute atomic E-state index is 0.118. The number of hydrogen-bond acceptors (Lipinski definition) is 4. The molecular weight excluding hydrogens is 422 g/mol. The maximum absolute atomic E-state index is 13.3. The first-order chi connectivity index (χ1) is 16.5. The van der Waals surface area contributed by atoms with Crippen molar-refractivity contribution in [2.75, 3.05) is 11.9 Å². The van der Waals surface area contributed by atoms with Gasteiger partial charge in [0.05, 0.1) is 17.8 Å². The molecule has 0 saturated carbocycles. The zero-order chi connectivity index (χ0) is 23.9. The van der Waals surface area contributed by atoms with E-state index in [1.165, 1.54) is 0 Å². The van der Waals surface area contributed by atoms with Gasteiger partial charge in [-0.25, -0.2) is 0 Å². The molecule has 0 aliphatic rings. The number of benzene rings is 3. The Balaban J connectivity index is 1.46. The van der Waals surface area contributed by atoms with Crippen molar-refractivity contribution in [2.45, 2.75) is 18.9 Å². The van der Waals surface area contributed by atoms with Crippen molar-refractivity contribution in [3.8, 4) is 17.2 Å². The molecule has 4 rings (SSSR count). The number of nitrogens with one attached hydrogen (secondary N) is 2. The van der Waals surface area contributed by atoms with Crippen LogP contribution in [0.5, 0.6) is 0 Å². The molecule has 1 aromatic heterocycles. The van der Waals surface area contributed by atoms with Crippen LogP contribution in [0.25, 0.3) is 11.1 Å². The lowest BCUT2D eigenvalue weighted by Gasteiger charge is -2.22. The lowest BCUT2D eigenvalue weighted by molar-refractivity contribution is -0.118. The van der Waals surface area contributed by atoms with E-state index in [1.54, 1.807) is 4.68 Å². The van der Waals surface area contributed by atoms with Crippen molar-refractivity contribution in [1.29, 1.82) is 5.26 Å². The average Bonchev–Trinajstić information content (AvgIpc) is 3.31. The van der Waals surface area contributed by atoms with Gasteiger partial charge in [0.2, 0.25) is 5.91 Å². The summed E-state index contributed by atoms with van der Waals surface area (Å²) in [6.07, 6.45) is 3.77. The number of hydrogen-bond donors (Lipinski definition) is 2. The van der Waals surface area contributed by atoms with Crippen LogP contribution in [0.1, 0.15) is 35.6 Å². The lowest BCUT2D eigenvalue weighted by Crippen LogP contribution is -2.35. The van der Waals surface area contributed by atoms with Crippen molar-refractivity contribution in [3.63, 3.8) is 0 Å². The monoisotopic (exact) mass is 449 g/mol. The normalized spacial score (nSPS) is 12.5. The van der Waals surface area contributed by atoms with Crippen LogP contribution in [0.3, 0.4) is 0 Å². The predicted molar refractivity (Wildman–Crippen MR) is 134 cm³/mol. The fourth-order valence-corrected chi connectivity index (χ4v) is 3.84. The number of rotatable bonds is 8. The third-order valence-corrected chi connectivity index (χ3v) is 5.82. The molecule has 3 aromatic carbocycles. The fraction of sp³-hybridized carbons (Fsp3) is 0.179. The Labute approximate surface area is 199 Å². The number of anilines is 1. The zero-order valence-corrected chi connectivity index (χ0v) is 19.3. The summed E-state index contributed by atoms with van der Waals surface area (Å²) in [7, 11) is 1.89. The minimum Gasteiger partial charge on any atom is -0.324 e. The Morgan fingerprint density at radius 1 is 0.971 bits per heavy atom. The number of amides is 1. The number of nitrogens with zero attached hydrogens (tertiary/aromatic N) is 3. The topological polar surface area (TPSA) is 82.7 Å². The van der Waals surface area contributed by atoms with Crippen molar-refractivity contribution in [3.05, 3.63) is 108 Å². The Morgan fingerprint density at radius 3 is 2.29 bits per heavy atom. The van der Waals surface area contributed by atoms with Crippen molar-refractivity contribution < 1.29 is 4.79 Å². The van der Waals surface area contributed by atoms with E-state index < -0.39 is 6.04 Å². The molecule has 0 unspecified atom stereocenters.